The third kappa shape index (κ3) is 3.17. The summed E-state index contributed by atoms with van der Waals surface area (Å²) in [5.74, 6) is 0.000208. The number of thioether (sulfide) groups is 1. The fourth-order valence-corrected chi connectivity index (χ4v) is 3.77. The van der Waals surface area contributed by atoms with Crippen LogP contribution >= 0.6 is 11.8 Å². The molecule has 0 bridgehead atoms. The predicted octanol–water partition coefficient (Wildman–Crippen LogP) is 3.68. The van der Waals surface area contributed by atoms with E-state index in [1.165, 1.54) is 11.8 Å². The molecule has 132 valence electrons. The zero-order valence-corrected chi connectivity index (χ0v) is 15.0. The van der Waals surface area contributed by atoms with Gasteiger partial charge < -0.3 is 14.6 Å². The Morgan fingerprint density at radius 1 is 1.27 bits per heavy atom. The van der Waals surface area contributed by atoms with E-state index in [-0.39, 0.29) is 30.0 Å². The van der Waals surface area contributed by atoms with E-state index in [1.807, 2.05) is 49.4 Å². The molecule has 2 aromatic carbocycles. The molecule has 2 amide bonds. The van der Waals surface area contributed by atoms with Gasteiger partial charge >= 0.3 is 0 Å². The third-order valence-electron chi connectivity index (χ3n) is 4.22. The van der Waals surface area contributed by atoms with Gasteiger partial charge in [-0.15, -0.1) is 0 Å². The van der Waals surface area contributed by atoms with Gasteiger partial charge in [0.15, 0.2) is 5.58 Å². The molecule has 26 heavy (non-hydrogen) atoms. The predicted molar refractivity (Wildman–Crippen MR) is 101 cm³/mol. The lowest BCUT2D eigenvalue weighted by Crippen LogP contribution is -2.40. The van der Waals surface area contributed by atoms with E-state index in [2.05, 4.69) is 10.3 Å². The molecule has 1 atom stereocenters. The van der Waals surface area contributed by atoms with Gasteiger partial charge in [-0.3, -0.25) is 9.59 Å². The average Bonchev–Trinajstić information content (AvgIpc) is 2.98. The molecule has 3 aromatic rings. The Bertz CT molecular complexity index is 952. The van der Waals surface area contributed by atoms with Crippen LogP contribution in [0.15, 0.2) is 58.2 Å². The molecule has 0 radical (unpaired) electrons. The molecule has 4 rings (SSSR count). The highest BCUT2D eigenvalue weighted by Crippen LogP contribution is 2.32. The van der Waals surface area contributed by atoms with Crippen molar-refractivity contribution in [2.45, 2.75) is 24.6 Å². The van der Waals surface area contributed by atoms with Crippen molar-refractivity contribution in [2.75, 3.05) is 16.0 Å². The number of nitrogens with zero attached hydrogens (tertiary/aromatic N) is 2. The number of carbonyl (C=O) groups excluding carboxylic acids is 2. The molecule has 7 heteroatoms. The number of hydrogen-bond acceptors (Lipinski definition) is 5. The Morgan fingerprint density at radius 2 is 2.04 bits per heavy atom. The van der Waals surface area contributed by atoms with Crippen LogP contribution in [0.3, 0.4) is 0 Å². The van der Waals surface area contributed by atoms with Gasteiger partial charge in [-0.1, -0.05) is 36.0 Å². The van der Waals surface area contributed by atoms with Gasteiger partial charge in [-0.2, -0.15) is 0 Å². The van der Waals surface area contributed by atoms with Crippen molar-refractivity contribution >= 4 is 46.1 Å². The number of para-hydroxylation sites is 4. The highest BCUT2D eigenvalue weighted by atomic mass is 32.2. The van der Waals surface area contributed by atoms with Crippen LogP contribution in [0.4, 0.5) is 11.4 Å². The highest BCUT2D eigenvalue weighted by molar-refractivity contribution is 7.99. The van der Waals surface area contributed by atoms with Crippen molar-refractivity contribution in [3.8, 4) is 0 Å². The van der Waals surface area contributed by atoms with E-state index in [0.29, 0.717) is 22.2 Å². The summed E-state index contributed by atoms with van der Waals surface area (Å²) in [4.78, 5) is 31.0. The van der Waals surface area contributed by atoms with Crippen LogP contribution in [0.1, 0.15) is 13.3 Å². The van der Waals surface area contributed by atoms with Crippen molar-refractivity contribution in [1.82, 2.24) is 4.98 Å². The van der Waals surface area contributed by atoms with Crippen LogP contribution in [-0.2, 0) is 9.59 Å². The molecule has 1 aliphatic heterocycles. The summed E-state index contributed by atoms with van der Waals surface area (Å²) in [6.45, 7) is 1.88. The summed E-state index contributed by atoms with van der Waals surface area (Å²) in [6, 6.07) is 14.6. The molecule has 1 aromatic heterocycles. The summed E-state index contributed by atoms with van der Waals surface area (Å²) < 4.78 is 5.66. The number of hydrogen-bond donors (Lipinski definition) is 1. The minimum absolute atomic E-state index is 0.0892. The summed E-state index contributed by atoms with van der Waals surface area (Å²) in [5, 5.41) is 3.32. The summed E-state index contributed by atoms with van der Waals surface area (Å²) in [5.41, 5.74) is 2.84. The number of nitrogens with one attached hydrogen (secondary N) is 1. The van der Waals surface area contributed by atoms with Crippen molar-refractivity contribution in [3.63, 3.8) is 0 Å². The number of aromatic nitrogens is 1. The average molecular weight is 367 g/mol. The van der Waals surface area contributed by atoms with Crippen LogP contribution < -0.4 is 10.2 Å². The molecule has 2 heterocycles. The molecule has 1 aliphatic rings. The second kappa shape index (κ2) is 6.84. The van der Waals surface area contributed by atoms with Crippen LogP contribution in [0.5, 0.6) is 0 Å². The first-order valence-corrected chi connectivity index (χ1v) is 9.29. The molecule has 0 saturated carbocycles. The maximum absolute atomic E-state index is 12.9. The zero-order valence-electron chi connectivity index (χ0n) is 14.1. The number of oxazole rings is 1. The number of rotatable bonds is 3. The van der Waals surface area contributed by atoms with Crippen molar-refractivity contribution < 1.29 is 14.0 Å². The fourth-order valence-electron chi connectivity index (χ4n) is 3.07. The smallest absolute Gasteiger partial charge is 0.257 e. The first-order chi connectivity index (χ1) is 12.6. The number of anilines is 2. The molecule has 0 saturated heterocycles. The number of benzene rings is 2. The number of carbonyl (C=O) groups is 2. The highest BCUT2D eigenvalue weighted by Gasteiger charge is 2.29. The van der Waals surface area contributed by atoms with E-state index in [4.69, 9.17) is 4.42 Å². The topological polar surface area (TPSA) is 75.4 Å². The molecule has 0 fully saturated rings. The van der Waals surface area contributed by atoms with Gasteiger partial charge in [0.1, 0.15) is 5.52 Å². The maximum atomic E-state index is 12.9. The lowest BCUT2D eigenvalue weighted by atomic mass is 10.2. The lowest BCUT2D eigenvalue weighted by molar-refractivity contribution is -0.117. The molecule has 6 nitrogen and oxygen atoms in total. The quantitative estimate of drug-likeness (QED) is 0.715. The van der Waals surface area contributed by atoms with Crippen molar-refractivity contribution in [3.05, 3.63) is 48.5 Å². The second-order valence-corrected chi connectivity index (χ2v) is 7.04. The van der Waals surface area contributed by atoms with E-state index in [9.17, 15) is 9.59 Å². The van der Waals surface area contributed by atoms with Crippen LogP contribution in [-0.4, -0.2) is 28.6 Å². The van der Waals surface area contributed by atoms with Crippen LogP contribution in [0, 0.1) is 0 Å². The van der Waals surface area contributed by atoms with Crippen molar-refractivity contribution in [1.29, 1.82) is 0 Å². The summed E-state index contributed by atoms with van der Waals surface area (Å²) >= 11 is 1.26. The first-order valence-electron chi connectivity index (χ1n) is 8.31. The number of amides is 2. The van der Waals surface area contributed by atoms with E-state index in [0.717, 1.165) is 5.52 Å². The van der Waals surface area contributed by atoms with E-state index in [1.54, 1.807) is 11.0 Å². The van der Waals surface area contributed by atoms with Crippen molar-refractivity contribution in [2.24, 2.45) is 0 Å². The maximum Gasteiger partial charge on any atom is 0.257 e. The Hall–Kier alpha value is -2.80. The first kappa shape index (κ1) is 16.7. The minimum Gasteiger partial charge on any atom is -0.431 e. The number of fused-ring (bicyclic) bond motifs is 2. The molecule has 0 aliphatic carbocycles. The monoisotopic (exact) mass is 367 g/mol. The SMILES string of the molecule is C[C@H]1CC(=O)Nc2ccccc2N1C(=O)CSc1nc2ccccc2o1. The Kier molecular flexibility index (Phi) is 4.38. The largest absolute Gasteiger partial charge is 0.431 e. The molecular weight excluding hydrogens is 350 g/mol. The van der Waals surface area contributed by atoms with Gasteiger partial charge in [0, 0.05) is 12.5 Å². The Labute approximate surface area is 154 Å². The van der Waals surface area contributed by atoms with Gasteiger partial charge in [0.2, 0.25) is 11.8 Å². The molecule has 0 spiro atoms. The van der Waals surface area contributed by atoms with Gasteiger partial charge in [-0.05, 0) is 31.2 Å². The summed E-state index contributed by atoms with van der Waals surface area (Å²) in [6.07, 6.45) is 0.258. The molecule has 0 unspecified atom stereocenters. The molecule has 1 N–H and O–H groups in total. The summed E-state index contributed by atoms with van der Waals surface area (Å²) in [7, 11) is 0. The third-order valence-corrected chi connectivity index (χ3v) is 5.03. The van der Waals surface area contributed by atoms with Gasteiger partial charge in [0.05, 0.1) is 17.1 Å². The van der Waals surface area contributed by atoms with Gasteiger partial charge in [0.25, 0.3) is 5.22 Å². The molecular formula is C19H17N3O3S. The lowest BCUT2D eigenvalue weighted by Gasteiger charge is -2.27. The zero-order chi connectivity index (χ0) is 18.1. The minimum atomic E-state index is -0.226. The normalized spacial score (nSPS) is 16.9. The Morgan fingerprint density at radius 3 is 2.88 bits per heavy atom. The second-order valence-electron chi connectivity index (χ2n) is 6.12. The van der Waals surface area contributed by atoms with Crippen LogP contribution in [0.2, 0.25) is 0 Å². The van der Waals surface area contributed by atoms with Gasteiger partial charge in [-0.25, -0.2) is 4.98 Å². The van der Waals surface area contributed by atoms with E-state index < -0.39 is 0 Å². The van der Waals surface area contributed by atoms with E-state index >= 15 is 0 Å². The fraction of sp³-hybridized carbons (Fsp3) is 0.211. The van der Waals surface area contributed by atoms with Crippen LogP contribution in [0.25, 0.3) is 11.1 Å². The standard InChI is InChI=1S/C19H17N3O3S/c1-12-10-17(23)20-13-6-2-4-8-15(13)22(12)18(24)11-26-19-21-14-7-3-5-9-16(14)25-19/h2-9,12H,10-11H2,1H3,(H,20,23)/t12-/m0/s1. The Balaban J connectivity index is 1.55.